The number of carbonyl (C=O) groups is 1. The number of methoxy groups -OCH3 is 2. The van der Waals surface area contributed by atoms with Crippen LogP contribution in [-0.2, 0) is 9.53 Å². The molecule has 9 nitrogen and oxygen atoms in total. The largest absolute Gasteiger partial charge is 0.497 e. The fraction of sp³-hybridized carbons (Fsp3) is 0.214. The molecule has 0 atom stereocenters. The van der Waals surface area contributed by atoms with Gasteiger partial charge in [-0.15, -0.1) is 0 Å². The lowest BCUT2D eigenvalue weighted by Gasteiger charge is -2.15. The van der Waals surface area contributed by atoms with Crippen LogP contribution in [-0.4, -0.2) is 49.4 Å². The Morgan fingerprint density at radius 3 is 2.27 bits per heavy atom. The number of nitrogens with zero attached hydrogens (tertiary/aromatic N) is 2. The first-order valence-electron chi connectivity index (χ1n) is 11.4. The number of aromatic amines is 1. The first kappa shape index (κ1) is 28.7. The van der Waals surface area contributed by atoms with Crippen LogP contribution < -0.4 is 21.2 Å². The Labute approximate surface area is 215 Å². The van der Waals surface area contributed by atoms with Crippen molar-refractivity contribution in [2.24, 2.45) is 0 Å². The molecular formula is C28H32N4O5. The zero-order chi connectivity index (χ0) is 27.4. The van der Waals surface area contributed by atoms with Crippen LogP contribution in [0.3, 0.4) is 0 Å². The summed E-state index contributed by atoms with van der Waals surface area (Å²) >= 11 is 0. The molecule has 2 aromatic heterocycles. The van der Waals surface area contributed by atoms with E-state index in [9.17, 15) is 9.59 Å². The molecule has 0 spiro atoms. The van der Waals surface area contributed by atoms with E-state index in [-0.39, 0.29) is 11.1 Å². The number of anilines is 1. The zero-order valence-corrected chi connectivity index (χ0v) is 21.7. The third-order valence-corrected chi connectivity index (χ3v) is 5.20. The molecule has 0 saturated heterocycles. The number of nitrogens with one attached hydrogen (secondary N) is 2. The second-order valence-corrected chi connectivity index (χ2v) is 7.77. The summed E-state index contributed by atoms with van der Waals surface area (Å²) in [5.74, 6) is 0.711. The molecule has 0 saturated carbocycles. The van der Waals surface area contributed by atoms with Crippen LogP contribution in [0.2, 0.25) is 0 Å². The smallest absolute Gasteiger partial charge is 0.294 e. The van der Waals surface area contributed by atoms with E-state index in [1.165, 1.54) is 10.7 Å². The normalized spacial score (nSPS) is 9.86. The van der Waals surface area contributed by atoms with Gasteiger partial charge >= 0.3 is 0 Å². The fourth-order valence-corrected chi connectivity index (χ4v) is 3.51. The highest BCUT2D eigenvalue weighted by molar-refractivity contribution is 5.68. The molecular weight excluding hydrogens is 472 g/mol. The Morgan fingerprint density at radius 2 is 1.65 bits per heavy atom. The van der Waals surface area contributed by atoms with Gasteiger partial charge in [-0.25, -0.2) is 0 Å². The second kappa shape index (κ2) is 14.2. The highest BCUT2D eigenvalue weighted by atomic mass is 16.5. The number of hydrogen-bond acceptors (Lipinski definition) is 7. The SMILES string of the molecule is C=O.CCNc1cc(-c2cccc(OC)c2)nn(-c2cc(-c3ccc(=O)[nH]c3)ccc2C)c1=O.COC. The average Bonchev–Trinajstić information content (AvgIpc) is 2.92. The number of ether oxygens (including phenoxy) is 2. The Bertz CT molecular complexity index is 1410. The van der Waals surface area contributed by atoms with Crippen molar-refractivity contribution >= 4 is 12.5 Å². The highest BCUT2D eigenvalue weighted by Crippen LogP contribution is 2.26. The molecule has 0 aliphatic carbocycles. The molecule has 0 unspecified atom stereocenters. The molecule has 2 aromatic carbocycles. The molecule has 0 fully saturated rings. The maximum absolute atomic E-state index is 13.3. The summed E-state index contributed by atoms with van der Waals surface area (Å²) in [6.45, 7) is 6.48. The van der Waals surface area contributed by atoms with Gasteiger partial charge in [0.05, 0.1) is 18.5 Å². The topological polar surface area (TPSA) is 115 Å². The monoisotopic (exact) mass is 504 g/mol. The number of rotatable bonds is 6. The van der Waals surface area contributed by atoms with Gasteiger partial charge in [0, 0.05) is 38.6 Å². The summed E-state index contributed by atoms with van der Waals surface area (Å²) in [6, 6.07) is 18.4. The quantitative estimate of drug-likeness (QED) is 0.406. The summed E-state index contributed by atoms with van der Waals surface area (Å²) in [5.41, 5.74) is 4.83. The first-order chi connectivity index (χ1) is 17.9. The van der Waals surface area contributed by atoms with E-state index in [1.807, 2.05) is 63.1 Å². The van der Waals surface area contributed by atoms with Gasteiger partial charge in [0.1, 0.15) is 18.2 Å². The van der Waals surface area contributed by atoms with E-state index < -0.39 is 0 Å². The molecule has 0 aliphatic heterocycles. The minimum atomic E-state index is -0.236. The lowest BCUT2D eigenvalue weighted by molar-refractivity contribution is -0.0979. The van der Waals surface area contributed by atoms with Gasteiger partial charge < -0.3 is 24.6 Å². The summed E-state index contributed by atoms with van der Waals surface area (Å²) < 4.78 is 11.0. The van der Waals surface area contributed by atoms with Gasteiger partial charge in [-0.3, -0.25) is 9.59 Å². The predicted molar refractivity (Wildman–Crippen MR) is 147 cm³/mol. The average molecular weight is 505 g/mol. The van der Waals surface area contributed by atoms with Gasteiger partial charge in [-0.05, 0) is 60.9 Å². The Morgan fingerprint density at radius 1 is 0.946 bits per heavy atom. The van der Waals surface area contributed by atoms with E-state index in [1.54, 1.807) is 39.7 Å². The molecule has 9 heteroatoms. The number of pyridine rings is 1. The van der Waals surface area contributed by atoms with Crippen molar-refractivity contribution in [1.82, 2.24) is 14.8 Å². The van der Waals surface area contributed by atoms with Gasteiger partial charge in [-0.1, -0.05) is 24.3 Å². The van der Waals surface area contributed by atoms with Crippen molar-refractivity contribution in [1.29, 1.82) is 0 Å². The Hall–Kier alpha value is -4.50. The van der Waals surface area contributed by atoms with Gasteiger partial charge in [0.25, 0.3) is 5.56 Å². The number of H-pyrrole nitrogens is 1. The van der Waals surface area contributed by atoms with Crippen LogP contribution in [0, 0.1) is 6.92 Å². The molecule has 37 heavy (non-hydrogen) atoms. The first-order valence-corrected chi connectivity index (χ1v) is 11.4. The number of carbonyl (C=O) groups excluding carboxylic acids is 1. The summed E-state index contributed by atoms with van der Waals surface area (Å²) in [7, 11) is 4.86. The standard InChI is InChI=1S/C25H24N4O3.C2H6O.CH2O/c1-4-26-22-14-21(18-6-5-7-20(12-18)32-3)28-29(25(22)31)23-13-17(9-8-16(23)2)19-10-11-24(30)27-15-19;1-3-2;1-2/h5-15,26H,4H2,1-3H3,(H,27,30);1-2H3;1H2. The molecule has 4 aromatic rings. The molecule has 4 rings (SSSR count). The van der Waals surface area contributed by atoms with Crippen LogP contribution in [0.5, 0.6) is 5.75 Å². The van der Waals surface area contributed by atoms with E-state index in [0.29, 0.717) is 29.4 Å². The number of benzene rings is 2. The van der Waals surface area contributed by atoms with Crippen molar-refractivity contribution in [3.05, 3.63) is 93.1 Å². The van der Waals surface area contributed by atoms with Crippen molar-refractivity contribution in [3.8, 4) is 33.8 Å². The summed E-state index contributed by atoms with van der Waals surface area (Å²) in [5, 5.41) is 7.84. The van der Waals surface area contributed by atoms with Crippen LogP contribution in [0.4, 0.5) is 5.69 Å². The zero-order valence-electron chi connectivity index (χ0n) is 21.7. The maximum atomic E-state index is 13.3. The highest BCUT2D eigenvalue weighted by Gasteiger charge is 2.14. The van der Waals surface area contributed by atoms with E-state index in [4.69, 9.17) is 14.6 Å². The van der Waals surface area contributed by atoms with Gasteiger partial charge in [0.2, 0.25) is 5.56 Å². The minimum absolute atomic E-state index is 0.166. The third kappa shape index (κ3) is 7.25. The summed E-state index contributed by atoms with van der Waals surface area (Å²) in [6.07, 6.45) is 1.66. The molecule has 0 bridgehead atoms. The molecule has 0 aliphatic rings. The molecule has 2 N–H and O–H groups in total. The van der Waals surface area contributed by atoms with E-state index in [2.05, 4.69) is 15.0 Å². The lowest BCUT2D eigenvalue weighted by Crippen LogP contribution is -2.25. The third-order valence-electron chi connectivity index (χ3n) is 5.20. The van der Waals surface area contributed by atoms with E-state index in [0.717, 1.165) is 22.3 Å². The van der Waals surface area contributed by atoms with Crippen LogP contribution in [0.15, 0.2) is 76.4 Å². The number of aryl methyl sites for hydroxylation is 1. The van der Waals surface area contributed by atoms with Crippen molar-refractivity contribution in [2.45, 2.75) is 13.8 Å². The van der Waals surface area contributed by atoms with Crippen LogP contribution in [0.1, 0.15) is 12.5 Å². The van der Waals surface area contributed by atoms with Crippen LogP contribution in [0.25, 0.3) is 28.1 Å². The van der Waals surface area contributed by atoms with Crippen molar-refractivity contribution < 1.29 is 14.3 Å². The minimum Gasteiger partial charge on any atom is -0.497 e. The fourth-order valence-electron chi connectivity index (χ4n) is 3.51. The van der Waals surface area contributed by atoms with Crippen molar-refractivity contribution in [3.63, 3.8) is 0 Å². The van der Waals surface area contributed by atoms with E-state index >= 15 is 0 Å². The Kier molecular flexibility index (Phi) is 11.0. The van der Waals surface area contributed by atoms with Gasteiger partial charge in [-0.2, -0.15) is 9.78 Å². The lowest BCUT2D eigenvalue weighted by atomic mass is 10.0. The van der Waals surface area contributed by atoms with Crippen LogP contribution >= 0.6 is 0 Å². The maximum Gasteiger partial charge on any atom is 0.294 e. The molecule has 0 amide bonds. The molecule has 0 radical (unpaired) electrons. The van der Waals surface area contributed by atoms with Crippen molar-refractivity contribution in [2.75, 3.05) is 33.2 Å². The molecule has 194 valence electrons. The Balaban J connectivity index is 0.000000898. The second-order valence-electron chi connectivity index (χ2n) is 7.77. The molecule has 2 heterocycles. The number of aromatic nitrogens is 3. The number of hydrogen-bond donors (Lipinski definition) is 2. The predicted octanol–water partition coefficient (Wildman–Crippen LogP) is 4.08. The summed E-state index contributed by atoms with van der Waals surface area (Å²) in [4.78, 5) is 35.4. The van der Waals surface area contributed by atoms with Gasteiger partial charge in [0.15, 0.2) is 0 Å².